The van der Waals surface area contributed by atoms with E-state index in [9.17, 15) is 9.59 Å². The van der Waals surface area contributed by atoms with E-state index in [1.807, 2.05) is 6.07 Å². The maximum absolute atomic E-state index is 12.1. The number of amides is 3. The normalized spacial score (nSPS) is 14.9. The topological polar surface area (TPSA) is 100 Å². The molecular weight excluding hydrogens is 336 g/mol. The summed E-state index contributed by atoms with van der Waals surface area (Å²) < 4.78 is 0.900. The zero-order chi connectivity index (χ0) is 15.0. The Morgan fingerprint density at radius 2 is 2.14 bits per heavy atom. The largest absolute Gasteiger partial charge is 0.361 e. The van der Waals surface area contributed by atoms with E-state index in [0.717, 1.165) is 15.7 Å². The van der Waals surface area contributed by atoms with Gasteiger partial charge in [-0.05, 0) is 46.3 Å². The Hall–Kier alpha value is -2.54. The number of H-pyrrole nitrogens is 1. The highest BCUT2D eigenvalue weighted by molar-refractivity contribution is 9.10. The van der Waals surface area contributed by atoms with Gasteiger partial charge in [-0.2, -0.15) is 0 Å². The van der Waals surface area contributed by atoms with Crippen molar-refractivity contribution >= 4 is 50.9 Å². The monoisotopic (exact) mass is 346 g/mol. The van der Waals surface area contributed by atoms with E-state index in [4.69, 9.17) is 5.73 Å². The number of hydrogen-bond donors (Lipinski definition) is 4. The predicted octanol–water partition coefficient (Wildman–Crippen LogP) is 2.76. The van der Waals surface area contributed by atoms with Crippen molar-refractivity contribution in [1.82, 2.24) is 4.98 Å². The molecule has 0 radical (unpaired) electrons. The number of urea groups is 1. The fourth-order valence-corrected chi connectivity index (χ4v) is 2.54. The highest BCUT2D eigenvalue weighted by Gasteiger charge is 2.24. The molecule has 2 aromatic rings. The van der Waals surface area contributed by atoms with Gasteiger partial charge in [0.2, 0.25) is 0 Å². The standard InChI is InChI=1S/C14H11BrN4O2/c15-7-3-9(17-6-7)5-11-10-4-8(18-14(16)21)1-2-12(10)19-13(11)20/h1-6,17H,(H,19,20)(H3,16,18,21)/b11-5-. The van der Waals surface area contributed by atoms with Gasteiger partial charge in [0.05, 0.1) is 5.57 Å². The molecule has 7 heteroatoms. The molecule has 0 fully saturated rings. The van der Waals surface area contributed by atoms with Crippen molar-refractivity contribution in [1.29, 1.82) is 0 Å². The van der Waals surface area contributed by atoms with Crippen molar-refractivity contribution in [3.05, 3.63) is 46.2 Å². The van der Waals surface area contributed by atoms with Crippen LogP contribution in [0.2, 0.25) is 0 Å². The minimum atomic E-state index is -0.647. The van der Waals surface area contributed by atoms with Gasteiger partial charge in [0, 0.05) is 33.3 Å². The second-order valence-electron chi connectivity index (χ2n) is 4.53. The molecule has 21 heavy (non-hydrogen) atoms. The van der Waals surface area contributed by atoms with E-state index >= 15 is 0 Å². The fourth-order valence-electron chi connectivity index (χ4n) is 2.17. The Morgan fingerprint density at radius 1 is 1.33 bits per heavy atom. The van der Waals surface area contributed by atoms with Crippen molar-refractivity contribution in [3.63, 3.8) is 0 Å². The highest BCUT2D eigenvalue weighted by atomic mass is 79.9. The number of nitrogens with two attached hydrogens (primary N) is 1. The van der Waals surface area contributed by atoms with Crippen LogP contribution in [0.25, 0.3) is 11.6 Å². The lowest BCUT2D eigenvalue weighted by Crippen LogP contribution is -2.19. The molecule has 0 saturated carbocycles. The lowest BCUT2D eigenvalue weighted by molar-refractivity contribution is -0.110. The Bertz CT molecular complexity index is 779. The first-order chi connectivity index (χ1) is 10.0. The molecule has 3 rings (SSSR count). The molecule has 0 atom stereocenters. The van der Waals surface area contributed by atoms with Gasteiger partial charge in [-0.15, -0.1) is 0 Å². The van der Waals surface area contributed by atoms with Crippen molar-refractivity contribution in [2.75, 3.05) is 10.6 Å². The van der Waals surface area contributed by atoms with Crippen molar-refractivity contribution < 1.29 is 9.59 Å². The summed E-state index contributed by atoms with van der Waals surface area (Å²) in [6.07, 6.45) is 3.53. The number of aromatic nitrogens is 1. The summed E-state index contributed by atoms with van der Waals surface area (Å²) in [7, 11) is 0. The van der Waals surface area contributed by atoms with Crippen LogP contribution in [0.4, 0.5) is 16.2 Å². The van der Waals surface area contributed by atoms with Crippen molar-refractivity contribution in [3.8, 4) is 0 Å². The first kappa shape index (κ1) is 13.4. The van der Waals surface area contributed by atoms with Gasteiger partial charge >= 0.3 is 6.03 Å². The SMILES string of the molecule is NC(=O)Nc1ccc2c(c1)/C(=C/c1cc(Br)c[nH]1)C(=O)N2. The van der Waals surface area contributed by atoms with Crippen LogP contribution in [0.5, 0.6) is 0 Å². The maximum atomic E-state index is 12.1. The number of anilines is 2. The lowest BCUT2D eigenvalue weighted by atomic mass is 10.1. The number of nitrogens with one attached hydrogen (secondary N) is 3. The summed E-state index contributed by atoms with van der Waals surface area (Å²) in [5.41, 5.74) is 8.38. The zero-order valence-corrected chi connectivity index (χ0v) is 12.3. The molecule has 1 aromatic heterocycles. The maximum Gasteiger partial charge on any atom is 0.316 e. The number of carbonyl (C=O) groups is 2. The smallest absolute Gasteiger partial charge is 0.316 e. The van der Waals surface area contributed by atoms with E-state index in [2.05, 4.69) is 31.5 Å². The van der Waals surface area contributed by atoms with Crippen LogP contribution in [-0.4, -0.2) is 16.9 Å². The minimum absolute atomic E-state index is 0.188. The lowest BCUT2D eigenvalue weighted by Gasteiger charge is -2.04. The molecule has 1 aliphatic heterocycles. The molecule has 106 valence electrons. The summed E-state index contributed by atoms with van der Waals surface area (Å²) in [6, 6.07) is 6.33. The number of benzene rings is 1. The van der Waals surface area contributed by atoms with E-state index in [1.165, 1.54) is 0 Å². The average Bonchev–Trinajstić information content (AvgIpc) is 2.95. The van der Waals surface area contributed by atoms with Crippen molar-refractivity contribution in [2.24, 2.45) is 5.73 Å². The van der Waals surface area contributed by atoms with E-state index < -0.39 is 6.03 Å². The molecule has 1 aromatic carbocycles. The molecule has 0 bridgehead atoms. The number of halogens is 1. The second-order valence-corrected chi connectivity index (χ2v) is 5.45. The number of primary amides is 1. The third-order valence-electron chi connectivity index (χ3n) is 3.04. The van der Waals surface area contributed by atoms with Gasteiger partial charge in [-0.25, -0.2) is 4.79 Å². The average molecular weight is 347 g/mol. The molecule has 0 spiro atoms. The van der Waals surface area contributed by atoms with Gasteiger partial charge in [-0.3, -0.25) is 4.79 Å². The first-order valence-electron chi connectivity index (χ1n) is 6.11. The van der Waals surface area contributed by atoms with Gasteiger partial charge in [0.1, 0.15) is 0 Å². The molecule has 5 N–H and O–H groups in total. The van der Waals surface area contributed by atoms with Gasteiger partial charge in [0.15, 0.2) is 0 Å². The Kier molecular flexibility index (Phi) is 3.26. The molecule has 6 nitrogen and oxygen atoms in total. The summed E-state index contributed by atoms with van der Waals surface area (Å²) in [5.74, 6) is -0.188. The van der Waals surface area contributed by atoms with Gasteiger partial charge in [0.25, 0.3) is 5.91 Å². The van der Waals surface area contributed by atoms with Gasteiger partial charge < -0.3 is 21.4 Å². The van der Waals surface area contributed by atoms with Crippen LogP contribution in [0.3, 0.4) is 0 Å². The number of hydrogen-bond acceptors (Lipinski definition) is 2. The first-order valence-corrected chi connectivity index (χ1v) is 6.90. The highest BCUT2D eigenvalue weighted by Crippen LogP contribution is 2.35. The molecular formula is C14H11BrN4O2. The molecule has 1 aliphatic rings. The Morgan fingerprint density at radius 3 is 2.81 bits per heavy atom. The predicted molar refractivity (Wildman–Crippen MR) is 84.6 cm³/mol. The number of carbonyl (C=O) groups excluding carboxylic acids is 2. The molecule has 3 amide bonds. The van der Waals surface area contributed by atoms with Crippen LogP contribution in [0, 0.1) is 0 Å². The minimum Gasteiger partial charge on any atom is -0.361 e. The third kappa shape index (κ3) is 2.68. The van der Waals surface area contributed by atoms with Gasteiger partial charge in [-0.1, -0.05) is 0 Å². The third-order valence-corrected chi connectivity index (χ3v) is 3.50. The second kappa shape index (κ2) is 5.10. The summed E-state index contributed by atoms with van der Waals surface area (Å²) in [5, 5.41) is 5.27. The van der Waals surface area contributed by atoms with Crippen LogP contribution in [0.15, 0.2) is 34.9 Å². The van der Waals surface area contributed by atoms with E-state index in [-0.39, 0.29) is 5.91 Å². The summed E-state index contributed by atoms with van der Waals surface area (Å²) in [6.45, 7) is 0. The van der Waals surface area contributed by atoms with Crippen LogP contribution >= 0.6 is 15.9 Å². The Labute approximate surface area is 128 Å². The van der Waals surface area contributed by atoms with Crippen LogP contribution in [-0.2, 0) is 4.79 Å². The Balaban J connectivity index is 2.03. The van der Waals surface area contributed by atoms with Crippen LogP contribution < -0.4 is 16.4 Å². The fraction of sp³-hybridized carbons (Fsp3) is 0. The molecule has 0 unspecified atom stereocenters. The molecule has 2 heterocycles. The quantitative estimate of drug-likeness (QED) is 0.628. The van der Waals surface area contributed by atoms with Crippen molar-refractivity contribution in [2.45, 2.75) is 0 Å². The number of fused-ring (bicyclic) bond motifs is 1. The van der Waals surface area contributed by atoms with Crippen LogP contribution in [0.1, 0.15) is 11.3 Å². The summed E-state index contributed by atoms with van der Waals surface area (Å²) >= 11 is 3.34. The zero-order valence-electron chi connectivity index (χ0n) is 10.7. The molecule has 0 saturated heterocycles. The summed E-state index contributed by atoms with van der Waals surface area (Å²) in [4.78, 5) is 26.0. The number of aromatic amines is 1. The number of rotatable bonds is 2. The van der Waals surface area contributed by atoms with E-state index in [0.29, 0.717) is 16.9 Å². The van der Waals surface area contributed by atoms with E-state index in [1.54, 1.807) is 30.5 Å². The molecule has 0 aliphatic carbocycles.